The van der Waals surface area contributed by atoms with Gasteiger partial charge in [0.2, 0.25) is 0 Å². The van der Waals surface area contributed by atoms with Gasteiger partial charge in [-0.2, -0.15) is 0 Å². The van der Waals surface area contributed by atoms with Crippen molar-refractivity contribution in [3.8, 4) is 0 Å². The van der Waals surface area contributed by atoms with Gasteiger partial charge in [-0.25, -0.2) is 19.2 Å². The molecule has 12 nitrogen and oxygen atoms in total. The van der Waals surface area contributed by atoms with Gasteiger partial charge in [0, 0.05) is 12.1 Å². The van der Waals surface area contributed by atoms with E-state index in [1.165, 1.54) is 30.7 Å². The Morgan fingerprint density at radius 3 is 1.22 bits per heavy atom. The fourth-order valence-electron chi connectivity index (χ4n) is 5.65. The second-order valence-corrected chi connectivity index (χ2v) is 10.9. The number of carboxylic acids is 2. The highest BCUT2D eigenvalue weighted by atomic mass is 16.4. The van der Waals surface area contributed by atoms with Crippen molar-refractivity contribution in [1.29, 1.82) is 0 Å². The number of carbonyl (C=O) groups excluding carboxylic acids is 2. The molecule has 220 valence electrons. The van der Waals surface area contributed by atoms with Crippen LogP contribution in [0.4, 0.5) is 21.0 Å². The maximum atomic E-state index is 12.3. The van der Waals surface area contributed by atoms with Crippen molar-refractivity contribution in [2.75, 3.05) is 10.9 Å². The van der Waals surface area contributed by atoms with E-state index < -0.39 is 11.9 Å². The summed E-state index contributed by atoms with van der Waals surface area (Å²) >= 11 is 0. The number of benzene rings is 2. The molecule has 0 radical (unpaired) electrons. The van der Waals surface area contributed by atoms with Gasteiger partial charge in [-0.3, -0.25) is 21.7 Å². The number of carbonyl (C=O) groups is 4. The molecule has 4 amide bonds. The van der Waals surface area contributed by atoms with Crippen LogP contribution >= 0.6 is 0 Å². The monoisotopic (exact) mass is 566 g/mol. The van der Waals surface area contributed by atoms with Gasteiger partial charge in [0.25, 0.3) is 0 Å². The van der Waals surface area contributed by atoms with Gasteiger partial charge in [-0.1, -0.05) is 0 Å². The first-order valence-electron chi connectivity index (χ1n) is 14.1. The normalized spacial score (nSPS) is 22.0. The summed E-state index contributed by atoms with van der Waals surface area (Å²) in [5, 5.41) is 23.9. The number of nitrogens with one attached hydrogen (secondary N) is 6. The topological polar surface area (TPSA) is 181 Å². The zero-order valence-electron chi connectivity index (χ0n) is 22.8. The molecule has 2 aromatic rings. The Bertz CT molecular complexity index is 1100. The van der Waals surface area contributed by atoms with E-state index >= 15 is 0 Å². The Hall–Kier alpha value is -4.48. The first kappa shape index (κ1) is 29.5. The van der Waals surface area contributed by atoms with Crippen LogP contribution in [0.25, 0.3) is 0 Å². The second-order valence-electron chi connectivity index (χ2n) is 10.9. The van der Waals surface area contributed by atoms with E-state index in [0.29, 0.717) is 23.2 Å². The van der Waals surface area contributed by atoms with Crippen LogP contribution in [0, 0.1) is 11.8 Å². The van der Waals surface area contributed by atoms with Gasteiger partial charge in [-0.15, -0.1) is 0 Å². The van der Waals surface area contributed by atoms with Crippen molar-refractivity contribution in [1.82, 2.24) is 21.5 Å². The molecular formula is C29H38N6O6. The molecule has 0 bridgehead atoms. The average Bonchev–Trinajstić information content (AvgIpc) is 2.97. The number of anilines is 2. The van der Waals surface area contributed by atoms with Gasteiger partial charge in [0.15, 0.2) is 0 Å². The van der Waals surface area contributed by atoms with Crippen molar-refractivity contribution >= 4 is 35.4 Å². The summed E-state index contributed by atoms with van der Waals surface area (Å²) in [5.74, 6) is -0.698. The van der Waals surface area contributed by atoms with E-state index in [2.05, 4.69) is 32.3 Å². The molecule has 4 rings (SSSR count). The summed E-state index contributed by atoms with van der Waals surface area (Å²) < 4.78 is 0. The van der Waals surface area contributed by atoms with Crippen molar-refractivity contribution in [2.24, 2.45) is 11.8 Å². The van der Waals surface area contributed by atoms with Gasteiger partial charge in [-0.05, 0) is 118 Å². The Morgan fingerprint density at radius 2 is 0.902 bits per heavy atom. The van der Waals surface area contributed by atoms with Crippen LogP contribution in [0.5, 0.6) is 0 Å². The van der Waals surface area contributed by atoms with Crippen molar-refractivity contribution in [3.63, 3.8) is 0 Å². The highest BCUT2D eigenvalue weighted by molar-refractivity contribution is 5.88. The number of hydrogen-bond donors (Lipinski definition) is 8. The lowest BCUT2D eigenvalue weighted by molar-refractivity contribution is 0.0686. The standard InChI is InChI=1S/C29H38N6O6/c36-26(37)20-5-13-24(14-6-20)32-34-28(40)30-22-9-1-18(2-10-22)17-19-3-11-23(12-4-19)31-29(41)35-33-25-15-7-21(8-16-25)27(38)39/h5-8,13-16,18-19,22-23,32-33H,1-4,9-12,17H2,(H,36,37)(H,38,39)(H2,30,34,40)(H2,31,35,41). The van der Waals surface area contributed by atoms with Crippen LogP contribution in [-0.4, -0.2) is 46.3 Å². The minimum Gasteiger partial charge on any atom is -0.478 e. The predicted octanol–water partition coefficient (Wildman–Crippen LogP) is 4.54. The highest BCUT2D eigenvalue weighted by Gasteiger charge is 2.28. The Labute approximate surface area is 238 Å². The first-order valence-corrected chi connectivity index (χ1v) is 14.1. The number of hydrazine groups is 2. The molecule has 2 aliphatic rings. The minimum absolute atomic E-state index is 0.129. The predicted molar refractivity (Wildman–Crippen MR) is 153 cm³/mol. The maximum Gasteiger partial charge on any atom is 0.335 e. The van der Waals surface area contributed by atoms with E-state index in [0.717, 1.165) is 51.4 Å². The largest absolute Gasteiger partial charge is 0.478 e. The molecule has 0 unspecified atom stereocenters. The molecule has 2 fully saturated rings. The Kier molecular flexibility index (Phi) is 10.2. The van der Waals surface area contributed by atoms with E-state index in [1.807, 2.05) is 0 Å². The van der Waals surface area contributed by atoms with E-state index in [9.17, 15) is 19.2 Å². The molecule has 0 atom stereocenters. The molecule has 2 saturated carbocycles. The number of urea groups is 2. The number of amides is 4. The molecule has 2 aliphatic carbocycles. The third-order valence-corrected chi connectivity index (χ3v) is 7.94. The lowest BCUT2D eigenvalue weighted by atomic mass is 9.76. The molecule has 2 aromatic carbocycles. The molecule has 0 spiro atoms. The molecule has 41 heavy (non-hydrogen) atoms. The summed E-state index contributed by atoms with van der Waals surface area (Å²) in [6.45, 7) is 0. The summed E-state index contributed by atoms with van der Waals surface area (Å²) in [4.78, 5) is 46.4. The third kappa shape index (κ3) is 9.30. The molecule has 0 heterocycles. The second kappa shape index (κ2) is 14.2. The van der Waals surface area contributed by atoms with Crippen LogP contribution < -0.4 is 32.3 Å². The van der Waals surface area contributed by atoms with Crippen LogP contribution in [-0.2, 0) is 0 Å². The van der Waals surface area contributed by atoms with Crippen LogP contribution in [0.2, 0.25) is 0 Å². The Morgan fingerprint density at radius 1 is 0.561 bits per heavy atom. The van der Waals surface area contributed by atoms with Crippen LogP contribution in [0.15, 0.2) is 48.5 Å². The third-order valence-electron chi connectivity index (χ3n) is 7.94. The van der Waals surface area contributed by atoms with E-state index in [4.69, 9.17) is 10.2 Å². The van der Waals surface area contributed by atoms with Gasteiger partial charge in [0.1, 0.15) is 0 Å². The summed E-state index contributed by atoms with van der Waals surface area (Å²) in [6, 6.07) is 11.9. The van der Waals surface area contributed by atoms with Crippen LogP contribution in [0.1, 0.15) is 78.5 Å². The number of rotatable bonds is 10. The van der Waals surface area contributed by atoms with Crippen molar-refractivity contribution < 1.29 is 29.4 Å². The smallest absolute Gasteiger partial charge is 0.335 e. The Balaban J connectivity index is 1.06. The number of carboxylic acid groups (broad SMARTS) is 2. The lowest BCUT2D eigenvalue weighted by Crippen LogP contribution is -2.46. The SMILES string of the molecule is O=C(NNc1ccc(C(=O)O)cc1)NC1CCC(CC2CCC(NC(=O)NNc3ccc(C(=O)O)cc3)CC2)CC1. The van der Waals surface area contributed by atoms with Crippen molar-refractivity contribution in [2.45, 2.75) is 69.9 Å². The van der Waals surface area contributed by atoms with Gasteiger partial charge in [0.05, 0.1) is 22.5 Å². The molecule has 0 saturated heterocycles. The zero-order valence-corrected chi connectivity index (χ0v) is 22.8. The summed E-state index contributed by atoms with van der Waals surface area (Å²) in [7, 11) is 0. The van der Waals surface area contributed by atoms with Crippen molar-refractivity contribution in [3.05, 3.63) is 59.7 Å². The molecule has 0 aromatic heterocycles. The average molecular weight is 567 g/mol. The maximum absolute atomic E-state index is 12.3. The fourth-order valence-corrected chi connectivity index (χ4v) is 5.65. The van der Waals surface area contributed by atoms with E-state index in [-0.39, 0.29) is 35.3 Å². The molecule has 12 heteroatoms. The van der Waals surface area contributed by atoms with Crippen LogP contribution in [0.3, 0.4) is 0 Å². The fraction of sp³-hybridized carbons (Fsp3) is 0.448. The summed E-state index contributed by atoms with van der Waals surface area (Å²) in [5.41, 5.74) is 12.4. The molecule has 8 N–H and O–H groups in total. The van der Waals surface area contributed by atoms with Gasteiger partial charge < -0.3 is 20.8 Å². The van der Waals surface area contributed by atoms with E-state index in [1.54, 1.807) is 24.3 Å². The molecule has 0 aliphatic heterocycles. The van der Waals surface area contributed by atoms with Gasteiger partial charge >= 0.3 is 24.0 Å². The molecular weight excluding hydrogens is 528 g/mol. The first-order chi connectivity index (χ1) is 19.7. The number of aromatic carboxylic acids is 2. The zero-order chi connectivity index (χ0) is 29.2. The number of hydrogen-bond acceptors (Lipinski definition) is 6. The lowest BCUT2D eigenvalue weighted by Gasteiger charge is -2.34. The quantitative estimate of drug-likeness (QED) is 0.193. The summed E-state index contributed by atoms with van der Waals surface area (Å²) in [6.07, 6.45) is 9.25. The highest BCUT2D eigenvalue weighted by Crippen LogP contribution is 2.35. The minimum atomic E-state index is -0.998.